The molecule has 2 aromatic carbocycles. The van der Waals surface area contributed by atoms with Gasteiger partial charge in [-0.3, -0.25) is 4.79 Å². The predicted molar refractivity (Wildman–Crippen MR) is 76.4 cm³/mol. The molecule has 0 saturated carbocycles. The maximum absolute atomic E-state index is 12.7. The zero-order valence-corrected chi connectivity index (χ0v) is 11.4. The molecule has 0 aromatic heterocycles. The van der Waals surface area contributed by atoms with Crippen LogP contribution in [0.4, 0.5) is 10.1 Å². The van der Waals surface area contributed by atoms with Crippen LogP contribution in [-0.2, 0) is 4.79 Å². The monoisotopic (exact) mass is 273 g/mol. The number of carbonyl (C=O) groups is 1. The van der Waals surface area contributed by atoms with Gasteiger partial charge in [-0.25, -0.2) is 4.39 Å². The molecule has 0 fully saturated rings. The second kappa shape index (κ2) is 6.19. The summed E-state index contributed by atoms with van der Waals surface area (Å²) < 4.78 is 18.2. The fourth-order valence-corrected chi connectivity index (χ4v) is 1.75. The minimum absolute atomic E-state index is 0.0817. The summed E-state index contributed by atoms with van der Waals surface area (Å²) in [6.45, 7) is 3.85. The van der Waals surface area contributed by atoms with Crippen LogP contribution in [0, 0.1) is 19.7 Å². The standard InChI is InChI=1S/C16H16FNO2/c1-11-4-3-5-15(12(11)2)20-10-16(19)18-14-8-6-13(17)7-9-14/h3-9H,10H2,1-2H3,(H,18,19). The lowest BCUT2D eigenvalue weighted by atomic mass is 10.1. The third kappa shape index (κ3) is 3.57. The molecule has 1 N–H and O–H groups in total. The summed E-state index contributed by atoms with van der Waals surface area (Å²) >= 11 is 0. The van der Waals surface area contributed by atoms with Crippen molar-refractivity contribution in [3.8, 4) is 5.75 Å². The van der Waals surface area contributed by atoms with E-state index in [0.717, 1.165) is 11.1 Å². The summed E-state index contributed by atoms with van der Waals surface area (Å²) in [6.07, 6.45) is 0. The lowest BCUT2D eigenvalue weighted by Crippen LogP contribution is -2.20. The Morgan fingerprint density at radius 3 is 2.55 bits per heavy atom. The van der Waals surface area contributed by atoms with Gasteiger partial charge in [-0.15, -0.1) is 0 Å². The normalized spacial score (nSPS) is 10.2. The number of ether oxygens (including phenoxy) is 1. The molecule has 0 heterocycles. The van der Waals surface area contributed by atoms with Crippen molar-refractivity contribution in [2.45, 2.75) is 13.8 Å². The zero-order valence-electron chi connectivity index (χ0n) is 11.4. The molecule has 3 nitrogen and oxygen atoms in total. The SMILES string of the molecule is Cc1cccc(OCC(=O)Nc2ccc(F)cc2)c1C. The molecule has 104 valence electrons. The quantitative estimate of drug-likeness (QED) is 0.926. The fraction of sp³-hybridized carbons (Fsp3) is 0.188. The zero-order chi connectivity index (χ0) is 14.5. The molecule has 0 aliphatic rings. The number of benzene rings is 2. The first-order valence-electron chi connectivity index (χ1n) is 6.30. The highest BCUT2D eigenvalue weighted by molar-refractivity contribution is 5.91. The Kier molecular flexibility index (Phi) is 4.35. The highest BCUT2D eigenvalue weighted by Crippen LogP contribution is 2.20. The van der Waals surface area contributed by atoms with Gasteiger partial charge in [0.05, 0.1) is 0 Å². The molecular weight excluding hydrogens is 257 g/mol. The second-order valence-electron chi connectivity index (χ2n) is 4.54. The molecule has 1 amide bonds. The Hall–Kier alpha value is -2.36. The number of rotatable bonds is 4. The molecule has 2 aromatic rings. The van der Waals surface area contributed by atoms with Crippen LogP contribution in [0.1, 0.15) is 11.1 Å². The molecule has 20 heavy (non-hydrogen) atoms. The minimum Gasteiger partial charge on any atom is -0.483 e. The van der Waals surface area contributed by atoms with Gasteiger partial charge >= 0.3 is 0 Å². The van der Waals surface area contributed by atoms with Gasteiger partial charge in [-0.1, -0.05) is 12.1 Å². The van der Waals surface area contributed by atoms with Crippen molar-refractivity contribution in [3.63, 3.8) is 0 Å². The third-order valence-corrected chi connectivity index (χ3v) is 3.04. The summed E-state index contributed by atoms with van der Waals surface area (Å²) in [5.74, 6) is 0.0754. The van der Waals surface area contributed by atoms with Gasteiger partial charge in [0.2, 0.25) is 0 Å². The van der Waals surface area contributed by atoms with E-state index in [1.807, 2.05) is 32.0 Å². The first-order valence-corrected chi connectivity index (χ1v) is 6.30. The van der Waals surface area contributed by atoms with Crippen LogP contribution < -0.4 is 10.1 Å². The molecule has 0 spiro atoms. The van der Waals surface area contributed by atoms with E-state index in [1.165, 1.54) is 24.3 Å². The van der Waals surface area contributed by atoms with Crippen molar-refractivity contribution >= 4 is 11.6 Å². The van der Waals surface area contributed by atoms with Crippen LogP contribution >= 0.6 is 0 Å². The van der Waals surface area contributed by atoms with Gasteiger partial charge in [0.1, 0.15) is 11.6 Å². The van der Waals surface area contributed by atoms with E-state index in [-0.39, 0.29) is 18.3 Å². The number of amides is 1. The van der Waals surface area contributed by atoms with E-state index in [2.05, 4.69) is 5.32 Å². The van der Waals surface area contributed by atoms with Crippen molar-refractivity contribution in [2.24, 2.45) is 0 Å². The van der Waals surface area contributed by atoms with E-state index < -0.39 is 0 Å². The number of hydrogen-bond acceptors (Lipinski definition) is 2. The fourth-order valence-electron chi connectivity index (χ4n) is 1.75. The van der Waals surface area contributed by atoms with Crippen molar-refractivity contribution in [1.29, 1.82) is 0 Å². The smallest absolute Gasteiger partial charge is 0.262 e. The summed E-state index contributed by atoms with van der Waals surface area (Å²) in [5.41, 5.74) is 2.67. The highest BCUT2D eigenvalue weighted by atomic mass is 19.1. The molecule has 0 atom stereocenters. The average molecular weight is 273 g/mol. The van der Waals surface area contributed by atoms with Crippen LogP contribution in [0.5, 0.6) is 5.75 Å². The lowest BCUT2D eigenvalue weighted by Gasteiger charge is -2.11. The summed E-state index contributed by atoms with van der Waals surface area (Å²) in [6, 6.07) is 11.3. The number of nitrogens with one attached hydrogen (secondary N) is 1. The van der Waals surface area contributed by atoms with Crippen LogP contribution in [0.3, 0.4) is 0 Å². The maximum atomic E-state index is 12.7. The number of hydrogen-bond donors (Lipinski definition) is 1. The minimum atomic E-state index is -0.338. The Morgan fingerprint density at radius 1 is 1.15 bits per heavy atom. The van der Waals surface area contributed by atoms with Crippen LogP contribution in [-0.4, -0.2) is 12.5 Å². The summed E-state index contributed by atoms with van der Waals surface area (Å²) in [4.78, 5) is 11.7. The maximum Gasteiger partial charge on any atom is 0.262 e. The molecule has 0 aliphatic carbocycles. The number of halogens is 1. The van der Waals surface area contributed by atoms with E-state index in [9.17, 15) is 9.18 Å². The molecule has 0 saturated heterocycles. The first kappa shape index (κ1) is 14.1. The first-order chi connectivity index (χ1) is 9.56. The largest absolute Gasteiger partial charge is 0.483 e. The predicted octanol–water partition coefficient (Wildman–Crippen LogP) is 3.46. The number of carbonyl (C=O) groups excluding carboxylic acids is 1. The molecule has 0 aliphatic heterocycles. The van der Waals surface area contributed by atoms with Gasteiger partial charge in [0.15, 0.2) is 6.61 Å². The number of aryl methyl sites for hydroxylation is 1. The van der Waals surface area contributed by atoms with Gasteiger partial charge < -0.3 is 10.1 Å². The Bertz CT molecular complexity index is 608. The summed E-state index contributed by atoms with van der Waals surface area (Å²) in [7, 11) is 0. The topological polar surface area (TPSA) is 38.3 Å². The van der Waals surface area contributed by atoms with E-state index >= 15 is 0 Å². The third-order valence-electron chi connectivity index (χ3n) is 3.04. The van der Waals surface area contributed by atoms with Crippen LogP contribution in [0.15, 0.2) is 42.5 Å². The summed E-state index contributed by atoms with van der Waals surface area (Å²) in [5, 5.41) is 2.64. The van der Waals surface area contributed by atoms with E-state index in [0.29, 0.717) is 11.4 Å². The van der Waals surface area contributed by atoms with Gasteiger partial charge in [0, 0.05) is 5.69 Å². The average Bonchev–Trinajstić information content (AvgIpc) is 2.43. The second-order valence-corrected chi connectivity index (χ2v) is 4.54. The molecular formula is C16H16FNO2. The van der Waals surface area contributed by atoms with Crippen LogP contribution in [0.25, 0.3) is 0 Å². The van der Waals surface area contributed by atoms with Crippen LogP contribution in [0.2, 0.25) is 0 Å². The highest BCUT2D eigenvalue weighted by Gasteiger charge is 2.06. The Balaban J connectivity index is 1.92. The number of anilines is 1. The molecule has 2 rings (SSSR count). The van der Waals surface area contributed by atoms with Gasteiger partial charge in [-0.2, -0.15) is 0 Å². The Morgan fingerprint density at radius 2 is 1.85 bits per heavy atom. The van der Waals surface area contributed by atoms with E-state index in [1.54, 1.807) is 0 Å². The van der Waals surface area contributed by atoms with Gasteiger partial charge in [-0.05, 0) is 55.3 Å². The molecule has 0 radical (unpaired) electrons. The lowest BCUT2D eigenvalue weighted by molar-refractivity contribution is -0.118. The molecule has 0 unspecified atom stereocenters. The van der Waals surface area contributed by atoms with Crippen molar-refractivity contribution < 1.29 is 13.9 Å². The van der Waals surface area contributed by atoms with Crippen molar-refractivity contribution in [2.75, 3.05) is 11.9 Å². The Labute approximate surface area is 117 Å². The van der Waals surface area contributed by atoms with E-state index in [4.69, 9.17) is 4.74 Å². The molecule has 4 heteroatoms. The van der Waals surface area contributed by atoms with Crippen molar-refractivity contribution in [3.05, 3.63) is 59.4 Å². The van der Waals surface area contributed by atoms with Gasteiger partial charge in [0.25, 0.3) is 5.91 Å². The van der Waals surface area contributed by atoms with Crippen molar-refractivity contribution in [1.82, 2.24) is 0 Å². The molecule has 0 bridgehead atoms.